The van der Waals surface area contributed by atoms with E-state index in [4.69, 9.17) is 21.1 Å². The first-order chi connectivity index (χ1) is 12.5. The number of hydrogen-bond acceptors (Lipinski definition) is 4. The number of halogens is 1. The van der Waals surface area contributed by atoms with Crippen LogP contribution < -0.4 is 4.74 Å². The summed E-state index contributed by atoms with van der Waals surface area (Å²) in [7, 11) is 2.98. The first-order valence-corrected chi connectivity index (χ1v) is 8.45. The van der Waals surface area contributed by atoms with Crippen molar-refractivity contribution in [3.05, 3.63) is 70.4 Å². The minimum Gasteiger partial charge on any atom is -0.497 e. The van der Waals surface area contributed by atoms with Crippen LogP contribution in [0.15, 0.2) is 48.5 Å². The van der Waals surface area contributed by atoms with E-state index in [9.17, 15) is 4.79 Å². The molecule has 0 fully saturated rings. The third-order valence-corrected chi connectivity index (χ3v) is 4.54. The van der Waals surface area contributed by atoms with Crippen molar-refractivity contribution >= 4 is 17.6 Å². The van der Waals surface area contributed by atoms with Crippen molar-refractivity contribution < 1.29 is 14.3 Å². The Hall–Kier alpha value is -2.79. The van der Waals surface area contributed by atoms with Gasteiger partial charge in [-0.2, -0.15) is 5.10 Å². The fraction of sp³-hybridized carbons (Fsp3) is 0.200. The van der Waals surface area contributed by atoms with Gasteiger partial charge in [-0.15, -0.1) is 0 Å². The Morgan fingerprint density at radius 2 is 1.85 bits per heavy atom. The lowest BCUT2D eigenvalue weighted by Crippen LogP contribution is -2.07. The van der Waals surface area contributed by atoms with Gasteiger partial charge in [-0.3, -0.25) is 4.68 Å². The molecule has 6 heteroatoms. The van der Waals surface area contributed by atoms with E-state index in [0.29, 0.717) is 11.6 Å². The van der Waals surface area contributed by atoms with Crippen molar-refractivity contribution in [1.29, 1.82) is 0 Å². The molecule has 0 saturated heterocycles. The average molecular weight is 371 g/mol. The number of hydrogen-bond donors (Lipinski definition) is 0. The molecule has 0 aliphatic rings. The minimum atomic E-state index is -0.467. The summed E-state index contributed by atoms with van der Waals surface area (Å²) in [4.78, 5) is 11.9. The van der Waals surface area contributed by atoms with Gasteiger partial charge in [0, 0.05) is 10.6 Å². The van der Waals surface area contributed by atoms with Crippen LogP contribution in [0.2, 0.25) is 5.02 Å². The number of methoxy groups -OCH3 is 2. The van der Waals surface area contributed by atoms with Crippen molar-refractivity contribution in [3.8, 4) is 17.0 Å². The number of nitrogens with zero attached hydrogens (tertiary/aromatic N) is 2. The molecule has 0 N–H and O–H groups in total. The van der Waals surface area contributed by atoms with Crippen LogP contribution in [0.1, 0.15) is 21.6 Å². The van der Waals surface area contributed by atoms with E-state index in [-0.39, 0.29) is 5.69 Å². The second-order valence-electron chi connectivity index (χ2n) is 5.88. The van der Waals surface area contributed by atoms with Crippen LogP contribution in [-0.4, -0.2) is 30.0 Å². The highest BCUT2D eigenvalue weighted by atomic mass is 35.5. The highest BCUT2D eigenvalue weighted by Gasteiger charge is 2.16. The summed E-state index contributed by atoms with van der Waals surface area (Å²) >= 11 is 6.14. The van der Waals surface area contributed by atoms with E-state index >= 15 is 0 Å². The molecule has 0 amide bonds. The first kappa shape index (κ1) is 18.0. The highest BCUT2D eigenvalue weighted by molar-refractivity contribution is 6.31. The van der Waals surface area contributed by atoms with Crippen LogP contribution in [0.3, 0.4) is 0 Å². The minimum absolute atomic E-state index is 0.267. The normalized spacial score (nSPS) is 10.6. The zero-order valence-electron chi connectivity index (χ0n) is 14.8. The average Bonchev–Trinajstić information content (AvgIpc) is 3.07. The molecular weight excluding hydrogens is 352 g/mol. The third kappa shape index (κ3) is 3.73. The number of carbonyl (C=O) groups excluding carboxylic acids is 1. The Bertz CT molecular complexity index is 933. The van der Waals surface area contributed by atoms with Crippen molar-refractivity contribution in [2.75, 3.05) is 14.2 Å². The molecule has 0 aliphatic heterocycles. The maximum absolute atomic E-state index is 11.9. The van der Waals surface area contributed by atoms with E-state index in [1.54, 1.807) is 17.9 Å². The van der Waals surface area contributed by atoms with Gasteiger partial charge in [-0.1, -0.05) is 29.8 Å². The number of esters is 1. The monoisotopic (exact) mass is 370 g/mol. The maximum atomic E-state index is 11.9. The third-order valence-electron chi connectivity index (χ3n) is 4.12. The second-order valence-corrected chi connectivity index (χ2v) is 6.28. The van der Waals surface area contributed by atoms with E-state index in [0.717, 1.165) is 28.1 Å². The van der Waals surface area contributed by atoms with Gasteiger partial charge < -0.3 is 9.47 Å². The van der Waals surface area contributed by atoms with Gasteiger partial charge in [0.05, 0.1) is 26.5 Å². The summed E-state index contributed by atoms with van der Waals surface area (Å²) in [5.41, 5.74) is 4.02. The topological polar surface area (TPSA) is 53.4 Å². The quantitative estimate of drug-likeness (QED) is 0.626. The summed E-state index contributed by atoms with van der Waals surface area (Å²) in [5, 5.41) is 5.12. The van der Waals surface area contributed by atoms with Crippen molar-refractivity contribution in [1.82, 2.24) is 9.78 Å². The predicted molar refractivity (Wildman–Crippen MR) is 101 cm³/mol. The van der Waals surface area contributed by atoms with Crippen LogP contribution >= 0.6 is 11.6 Å². The van der Waals surface area contributed by atoms with Crippen LogP contribution in [0, 0.1) is 6.92 Å². The molecule has 26 heavy (non-hydrogen) atoms. The smallest absolute Gasteiger partial charge is 0.358 e. The molecule has 0 spiro atoms. The zero-order chi connectivity index (χ0) is 18.7. The summed E-state index contributed by atoms with van der Waals surface area (Å²) < 4.78 is 11.8. The van der Waals surface area contributed by atoms with Gasteiger partial charge in [0.1, 0.15) is 5.75 Å². The van der Waals surface area contributed by atoms with Gasteiger partial charge >= 0.3 is 5.97 Å². The Labute approximate surface area is 157 Å². The van der Waals surface area contributed by atoms with E-state index < -0.39 is 5.97 Å². The molecule has 0 radical (unpaired) electrons. The van der Waals surface area contributed by atoms with Crippen LogP contribution in [0.5, 0.6) is 5.75 Å². The molecule has 0 atom stereocenters. The predicted octanol–water partition coefficient (Wildman–Crippen LogP) is 4.36. The van der Waals surface area contributed by atoms with E-state index in [1.807, 2.05) is 49.4 Å². The summed E-state index contributed by atoms with van der Waals surface area (Å²) in [5.74, 6) is 0.323. The molecule has 0 saturated carbocycles. The van der Waals surface area contributed by atoms with Crippen LogP contribution in [-0.2, 0) is 11.3 Å². The fourth-order valence-electron chi connectivity index (χ4n) is 2.68. The van der Waals surface area contributed by atoms with Crippen molar-refractivity contribution in [3.63, 3.8) is 0 Å². The number of aromatic nitrogens is 2. The molecule has 3 rings (SSSR count). The molecule has 1 heterocycles. The first-order valence-electron chi connectivity index (χ1n) is 8.07. The van der Waals surface area contributed by atoms with Gasteiger partial charge in [0.2, 0.25) is 0 Å². The van der Waals surface area contributed by atoms with Gasteiger partial charge in [-0.25, -0.2) is 4.79 Å². The molecule has 5 nitrogen and oxygen atoms in total. The lowest BCUT2D eigenvalue weighted by molar-refractivity contribution is 0.0593. The zero-order valence-corrected chi connectivity index (χ0v) is 15.6. The standard InChI is InChI=1S/C20H19ClN2O3/c1-13-10-15(6-9-17(13)21)19-11-18(20(24)26-3)22-23(19)12-14-4-7-16(25-2)8-5-14/h4-11H,12H2,1-3H3. The Balaban J connectivity index is 2.02. The molecule has 0 aliphatic carbocycles. The molecule has 134 valence electrons. The largest absolute Gasteiger partial charge is 0.497 e. The van der Waals surface area contributed by atoms with Crippen LogP contribution in [0.4, 0.5) is 0 Å². The second kappa shape index (κ2) is 7.62. The summed E-state index contributed by atoms with van der Waals surface area (Å²) in [6, 6.07) is 15.2. The Kier molecular flexibility index (Phi) is 5.28. The number of rotatable bonds is 5. The highest BCUT2D eigenvalue weighted by Crippen LogP contribution is 2.26. The Morgan fingerprint density at radius 1 is 1.12 bits per heavy atom. The van der Waals surface area contributed by atoms with Crippen molar-refractivity contribution in [2.24, 2.45) is 0 Å². The molecule has 0 unspecified atom stereocenters. The SMILES string of the molecule is COC(=O)c1cc(-c2ccc(Cl)c(C)c2)n(Cc2ccc(OC)cc2)n1. The van der Waals surface area contributed by atoms with Crippen molar-refractivity contribution in [2.45, 2.75) is 13.5 Å². The number of ether oxygens (including phenoxy) is 2. The summed E-state index contributed by atoms with van der Waals surface area (Å²) in [6.45, 7) is 2.45. The van der Waals surface area contributed by atoms with E-state index in [2.05, 4.69) is 5.10 Å². The Morgan fingerprint density at radius 3 is 2.46 bits per heavy atom. The van der Waals surface area contributed by atoms with Gasteiger partial charge in [0.15, 0.2) is 5.69 Å². The summed E-state index contributed by atoms with van der Waals surface area (Å²) in [6.07, 6.45) is 0. The molecule has 2 aromatic carbocycles. The fourth-order valence-corrected chi connectivity index (χ4v) is 2.80. The number of carbonyl (C=O) groups is 1. The van der Waals surface area contributed by atoms with Crippen LogP contribution in [0.25, 0.3) is 11.3 Å². The van der Waals surface area contributed by atoms with E-state index in [1.165, 1.54) is 7.11 Å². The lowest BCUT2D eigenvalue weighted by atomic mass is 10.1. The number of benzene rings is 2. The molecule has 3 aromatic rings. The molecule has 0 bridgehead atoms. The molecule has 1 aromatic heterocycles. The molecular formula is C20H19ClN2O3. The number of aryl methyl sites for hydroxylation is 1. The van der Waals surface area contributed by atoms with Gasteiger partial charge in [0.25, 0.3) is 0 Å². The van der Waals surface area contributed by atoms with Gasteiger partial charge in [-0.05, 0) is 48.4 Å². The lowest BCUT2D eigenvalue weighted by Gasteiger charge is -2.09. The maximum Gasteiger partial charge on any atom is 0.358 e.